The van der Waals surface area contributed by atoms with Crippen LogP contribution < -0.4 is 0 Å². The highest BCUT2D eigenvalue weighted by atomic mass is 32.2. The summed E-state index contributed by atoms with van der Waals surface area (Å²) in [7, 11) is 1.86. The Hall–Kier alpha value is -2.28. The number of aryl methyl sites for hydroxylation is 3. The summed E-state index contributed by atoms with van der Waals surface area (Å²) in [4.78, 5) is 14.5. The summed E-state index contributed by atoms with van der Waals surface area (Å²) in [6.07, 6.45) is 13.7. The van der Waals surface area contributed by atoms with Crippen molar-refractivity contribution in [3.63, 3.8) is 0 Å². The van der Waals surface area contributed by atoms with E-state index in [1.54, 1.807) is 16.4 Å². The van der Waals surface area contributed by atoms with Gasteiger partial charge in [0.25, 0.3) is 0 Å². The topological polar surface area (TPSA) is 69.4 Å². The SMILES string of the molecule is CSc1cnc(CCC(C)CCc2ccc(-c3cn(C)nn3)cn2)nc1. The second kappa shape index (κ2) is 8.89. The van der Waals surface area contributed by atoms with E-state index in [0.29, 0.717) is 5.92 Å². The highest BCUT2D eigenvalue weighted by Gasteiger charge is 2.07. The molecule has 7 heteroatoms. The van der Waals surface area contributed by atoms with Gasteiger partial charge in [0.1, 0.15) is 11.5 Å². The van der Waals surface area contributed by atoms with Gasteiger partial charge in [0.05, 0.1) is 6.20 Å². The maximum absolute atomic E-state index is 4.57. The molecule has 0 radical (unpaired) electrons. The molecule has 0 saturated heterocycles. The van der Waals surface area contributed by atoms with Crippen molar-refractivity contribution in [3.8, 4) is 11.3 Å². The second-order valence-corrected chi connectivity index (χ2v) is 7.42. The molecule has 1 atom stereocenters. The van der Waals surface area contributed by atoms with Crippen LogP contribution in [0.15, 0.2) is 41.8 Å². The lowest BCUT2D eigenvalue weighted by atomic mass is 9.98. The minimum absolute atomic E-state index is 0.611. The van der Waals surface area contributed by atoms with Crippen LogP contribution in [-0.4, -0.2) is 36.2 Å². The third-order valence-corrected chi connectivity index (χ3v) is 5.08. The lowest BCUT2D eigenvalue weighted by Gasteiger charge is -2.10. The summed E-state index contributed by atoms with van der Waals surface area (Å²) in [5, 5.41) is 8.07. The zero-order valence-electron chi connectivity index (χ0n) is 15.5. The van der Waals surface area contributed by atoms with Crippen molar-refractivity contribution in [3.05, 3.63) is 48.4 Å². The Morgan fingerprint density at radius 2 is 1.81 bits per heavy atom. The van der Waals surface area contributed by atoms with E-state index in [1.807, 2.05) is 38.1 Å². The molecule has 0 bridgehead atoms. The number of hydrogen-bond donors (Lipinski definition) is 0. The molecule has 6 nitrogen and oxygen atoms in total. The van der Waals surface area contributed by atoms with Gasteiger partial charge in [-0.05, 0) is 43.6 Å². The fourth-order valence-corrected chi connectivity index (χ4v) is 3.01. The van der Waals surface area contributed by atoms with Crippen LogP contribution in [0.4, 0.5) is 0 Å². The van der Waals surface area contributed by atoms with E-state index >= 15 is 0 Å². The maximum Gasteiger partial charge on any atom is 0.128 e. The number of thioether (sulfide) groups is 1. The van der Waals surface area contributed by atoms with E-state index in [9.17, 15) is 0 Å². The van der Waals surface area contributed by atoms with Crippen LogP contribution in [-0.2, 0) is 19.9 Å². The molecule has 0 aliphatic carbocycles. The average Bonchev–Trinajstić information content (AvgIpc) is 3.12. The fourth-order valence-electron chi connectivity index (χ4n) is 2.70. The molecular formula is C19H24N6S. The molecular weight excluding hydrogens is 344 g/mol. The van der Waals surface area contributed by atoms with Crippen LogP contribution in [0, 0.1) is 5.92 Å². The van der Waals surface area contributed by atoms with E-state index in [4.69, 9.17) is 0 Å². The van der Waals surface area contributed by atoms with Gasteiger partial charge in [0.2, 0.25) is 0 Å². The van der Waals surface area contributed by atoms with Crippen LogP contribution in [0.3, 0.4) is 0 Å². The summed E-state index contributed by atoms with van der Waals surface area (Å²) in [5.41, 5.74) is 2.97. The van der Waals surface area contributed by atoms with Gasteiger partial charge in [-0.25, -0.2) is 9.97 Å². The molecule has 0 aliphatic rings. The number of rotatable bonds is 8. The van der Waals surface area contributed by atoms with Crippen molar-refractivity contribution < 1.29 is 0 Å². The summed E-state index contributed by atoms with van der Waals surface area (Å²) in [6, 6.07) is 4.15. The minimum atomic E-state index is 0.611. The quantitative estimate of drug-likeness (QED) is 0.566. The number of nitrogens with zero attached hydrogens (tertiary/aromatic N) is 6. The Morgan fingerprint density at radius 1 is 1.04 bits per heavy atom. The van der Waals surface area contributed by atoms with E-state index in [-0.39, 0.29) is 0 Å². The largest absolute Gasteiger partial charge is 0.261 e. The Balaban J connectivity index is 1.45. The highest BCUT2D eigenvalue weighted by molar-refractivity contribution is 7.98. The van der Waals surface area contributed by atoms with Crippen LogP contribution in [0.25, 0.3) is 11.3 Å². The molecule has 0 aromatic carbocycles. The Kier molecular flexibility index (Phi) is 6.33. The summed E-state index contributed by atoms with van der Waals surface area (Å²) in [6.45, 7) is 2.28. The van der Waals surface area contributed by atoms with Crippen LogP contribution in [0.5, 0.6) is 0 Å². The van der Waals surface area contributed by atoms with E-state index in [2.05, 4.69) is 44.3 Å². The molecule has 0 saturated carbocycles. The molecule has 0 N–H and O–H groups in total. The highest BCUT2D eigenvalue weighted by Crippen LogP contribution is 2.18. The number of hydrogen-bond acceptors (Lipinski definition) is 6. The van der Waals surface area contributed by atoms with Gasteiger partial charge in [-0.1, -0.05) is 12.1 Å². The first-order valence-corrected chi connectivity index (χ1v) is 10.0. The monoisotopic (exact) mass is 368 g/mol. The molecule has 3 aromatic heterocycles. The first kappa shape index (κ1) is 18.5. The maximum atomic E-state index is 4.57. The molecule has 0 amide bonds. The van der Waals surface area contributed by atoms with E-state index in [0.717, 1.165) is 53.4 Å². The number of aromatic nitrogens is 6. The van der Waals surface area contributed by atoms with E-state index in [1.165, 1.54) is 0 Å². The smallest absolute Gasteiger partial charge is 0.128 e. The molecule has 3 aromatic rings. The van der Waals surface area contributed by atoms with Gasteiger partial charge in [0, 0.05) is 48.2 Å². The lowest BCUT2D eigenvalue weighted by molar-refractivity contribution is 0.484. The third kappa shape index (κ3) is 5.11. The Morgan fingerprint density at radius 3 is 2.42 bits per heavy atom. The van der Waals surface area contributed by atoms with Crippen molar-refractivity contribution >= 4 is 11.8 Å². The first-order chi connectivity index (χ1) is 12.6. The molecule has 136 valence electrons. The molecule has 3 rings (SSSR count). The summed E-state index contributed by atoms with van der Waals surface area (Å²) in [5.74, 6) is 1.54. The predicted octanol–water partition coefficient (Wildman–Crippen LogP) is 3.59. The van der Waals surface area contributed by atoms with Gasteiger partial charge in [0.15, 0.2) is 0 Å². The van der Waals surface area contributed by atoms with Gasteiger partial charge in [-0.3, -0.25) is 9.67 Å². The Bertz CT molecular complexity index is 813. The van der Waals surface area contributed by atoms with Crippen LogP contribution in [0.2, 0.25) is 0 Å². The van der Waals surface area contributed by atoms with Gasteiger partial charge in [-0.2, -0.15) is 0 Å². The van der Waals surface area contributed by atoms with Crippen molar-refractivity contribution in [1.29, 1.82) is 0 Å². The predicted molar refractivity (Wildman–Crippen MR) is 104 cm³/mol. The van der Waals surface area contributed by atoms with Crippen LogP contribution in [0.1, 0.15) is 31.3 Å². The molecule has 1 unspecified atom stereocenters. The zero-order chi connectivity index (χ0) is 18.4. The van der Waals surface area contributed by atoms with Crippen molar-refractivity contribution in [2.45, 2.75) is 37.5 Å². The fraction of sp³-hybridized carbons (Fsp3) is 0.421. The Labute approximate surface area is 158 Å². The van der Waals surface area contributed by atoms with Gasteiger partial charge in [-0.15, -0.1) is 16.9 Å². The second-order valence-electron chi connectivity index (χ2n) is 6.54. The third-order valence-electron chi connectivity index (χ3n) is 4.39. The first-order valence-electron chi connectivity index (χ1n) is 8.80. The average molecular weight is 369 g/mol. The standard InChI is InChI=1S/C19H24N6S/c1-14(5-9-19-21-11-17(26-3)12-22-19)4-7-16-8-6-15(10-20-16)18-13-25(2)24-23-18/h6,8,10-14H,4-5,7,9H2,1-3H3. The van der Waals surface area contributed by atoms with Crippen molar-refractivity contribution in [2.24, 2.45) is 13.0 Å². The van der Waals surface area contributed by atoms with E-state index < -0.39 is 0 Å². The normalized spacial score (nSPS) is 12.3. The summed E-state index contributed by atoms with van der Waals surface area (Å²) >= 11 is 1.67. The molecule has 0 fully saturated rings. The molecule has 3 heterocycles. The zero-order valence-corrected chi connectivity index (χ0v) is 16.3. The van der Waals surface area contributed by atoms with Gasteiger partial charge < -0.3 is 0 Å². The van der Waals surface area contributed by atoms with Crippen molar-refractivity contribution in [2.75, 3.05) is 6.26 Å². The van der Waals surface area contributed by atoms with Crippen LogP contribution >= 0.6 is 11.8 Å². The molecule has 0 spiro atoms. The minimum Gasteiger partial charge on any atom is -0.261 e. The summed E-state index contributed by atoms with van der Waals surface area (Å²) < 4.78 is 1.70. The lowest BCUT2D eigenvalue weighted by Crippen LogP contribution is -2.03. The van der Waals surface area contributed by atoms with Crippen molar-refractivity contribution in [1.82, 2.24) is 29.9 Å². The number of pyridine rings is 1. The molecule has 0 aliphatic heterocycles. The van der Waals surface area contributed by atoms with Gasteiger partial charge >= 0.3 is 0 Å². The molecule has 26 heavy (non-hydrogen) atoms.